The predicted octanol–water partition coefficient (Wildman–Crippen LogP) is 6.08. The van der Waals surface area contributed by atoms with E-state index in [0.29, 0.717) is 0 Å². The summed E-state index contributed by atoms with van der Waals surface area (Å²) >= 11 is 0. The topological polar surface area (TPSA) is 44.0 Å². The standard InChI is InChI=1S/C27H30N4/c1-2-9-27-26(8-1)22(19-29-27)7-5-6-21-10-12-23(13-11-21)30-24-14-15-28-25(18-24)20-31-16-3-4-17-31/h1-2,8-15,18-19,29H,3-7,16-17,20H2,(H,28,30). The summed E-state index contributed by atoms with van der Waals surface area (Å²) in [5.41, 5.74) is 7.40. The quantitative estimate of drug-likeness (QED) is 0.370. The Morgan fingerprint density at radius 2 is 1.74 bits per heavy atom. The number of rotatable bonds is 8. The average molecular weight is 411 g/mol. The minimum atomic E-state index is 0.949. The molecule has 0 aliphatic carbocycles. The first-order chi connectivity index (χ1) is 15.3. The molecule has 1 aliphatic heterocycles. The summed E-state index contributed by atoms with van der Waals surface area (Å²) in [5.74, 6) is 0. The van der Waals surface area contributed by atoms with Crippen LogP contribution < -0.4 is 5.32 Å². The molecular weight excluding hydrogens is 380 g/mol. The Balaban J connectivity index is 1.15. The first-order valence-electron chi connectivity index (χ1n) is 11.4. The third-order valence-corrected chi connectivity index (χ3v) is 6.23. The van der Waals surface area contributed by atoms with Crippen LogP contribution in [0.15, 0.2) is 73.1 Å². The molecule has 1 fully saturated rings. The molecule has 0 bridgehead atoms. The van der Waals surface area contributed by atoms with Crippen LogP contribution in [0.4, 0.5) is 11.4 Å². The van der Waals surface area contributed by atoms with E-state index in [9.17, 15) is 0 Å². The number of aromatic nitrogens is 2. The van der Waals surface area contributed by atoms with Gasteiger partial charge in [0.25, 0.3) is 0 Å². The van der Waals surface area contributed by atoms with Gasteiger partial charge in [0.1, 0.15) is 0 Å². The molecule has 158 valence electrons. The summed E-state index contributed by atoms with van der Waals surface area (Å²) in [7, 11) is 0. The number of benzene rings is 2. The van der Waals surface area contributed by atoms with Crippen LogP contribution in [0.1, 0.15) is 36.1 Å². The molecule has 1 aliphatic rings. The van der Waals surface area contributed by atoms with Crippen molar-refractivity contribution in [3.05, 3.63) is 89.9 Å². The van der Waals surface area contributed by atoms with E-state index >= 15 is 0 Å². The number of hydrogen-bond donors (Lipinski definition) is 2. The van der Waals surface area contributed by atoms with Crippen LogP contribution >= 0.6 is 0 Å². The minimum absolute atomic E-state index is 0.949. The summed E-state index contributed by atoms with van der Waals surface area (Å²) in [6.45, 7) is 3.34. The minimum Gasteiger partial charge on any atom is -0.361 e. The van der Waals surface area contributed by atoms with Gasteiger partial charge in [-0.05, 0) is 86.7 Å². The van der Waals surface area contributed by atoms with Gasteiger partial charge in [0, 0.05) is 41.2 Å². The fraction of sp³-hybridized carbons (Fsp3) is 0.296. The highest BCUT2D eigenvalue weighted by atomic mass is 15.1. The van der Waals surface area contributed by atoms with Gasteiger partial charge >= 0.3 is 0 Å². The van der Waals surface area contributed by atoms with E-state index < -0.39 is 0 Å². The molecule has 2 aromatic heterocycles. The van der Waals surface area contributed by atoms with Crippen LogP contribution in [0.2, 0.25) is 0 Å². The van der Waals surface area contributed by atoms with E-state index in [-0.39, 0.29) is 0 Å². The highest BCUT2D eigenvalue weighted by Gasteiger charge is 2.12. The lowest BCUT2D eigenvalue weighted by Crippen LogP contribution is -2.19. The Morgan fingerprint density at radius 3 is 2.61 bits per heavy atom. The van der Waals surface area contributed by atoms with E-state index in [2.05, 4.69) is 81.0 Å². The summed E-state index contributed by atoms with van der Waals surface area (Å²) < 4.78 is 0. The lowest BCUT2D eigenvalue weighted by Gasteiger charge is -2.15. The molecule has 4 heteroatoms. The Labute approximate surface area is 184 Å². The molecule has 31 heavy (non-hydrogen) atoms. The zero-order chi connectivity index (χ0) is 20.9. The van der Waals surface area contributed by atoms with Gasteiger partial charge in [-0.15, -0.1) is 0 Å². The molecule has 5 rings (SSSR count). The van der Waals surface area contributed by atoms with Crippen LogP contribution in [0.5, 0.6) is 0 Å². The summed E-state index contributed by atoms with van der Waals surface area (Å²) in [4.78, 5) is 10.4. The normalized spacial score (nSPS) is 14.3. The lowest BCUT2D eigenvalue weighted by atomic mass is 10.0. The number of nitrogens with one attached hydrogen (secondary N) is 2. The van der Waals surface area contributed by atoms with Crippen molar-refractivity contribution in [2.45, 2.75) is 38.6 Å². The summed E-state index contributed by atoms with van der Waals surface area (Å²) in [5, 5.41) is 4.88. The van der Waals surface area contributed by atoms with E-state index in [0.717, 1.165) is 42.9 Å². The number of fused-ring (bicyclic) bond motifs is 1. The number of anilines is 2. The highest BCUT2D eigenvalue weighted by molar-refractivity contribution is 5.83. The van der Waals surface area contributed by atoms with Gasteiger partial charge in [-0.1, -0.05) is 30.3 Å². The van der Waals surface area contributed by atoms with E-state index in [4.69, 9.17) is 0 Å². The molecule has 0 radical (unpaired) electrons. The average Bonchev–Trinajstić information content (AvgIpc) is 3.46. The van der Waals surface area contributed by atoms with Crippen molar-refractivity contribution in [2.24, 2.45) is 0 Å². The van der Waals surface area contributed by atoms with Crippen molar-refractivity contribution in [1.29, 1.82) is 0 Å². The molecule has 0 spiro atoms. The third kappa shape index (κ3) is 4.97. The Kier molecular flexibility index (Phi) is 5.99. The van der Waals surface area contributed by atoms with E-state index in [1.165, 1.54) is 48.0 Å². The summed E-state index contributed by atoms with van der Waals surface area (Å²) in [6, 6.07) is 21.6. The van der Waals surface area contributed by atoms with Crippen molar-refractivity contribution in [2.75, 3.05) is 18.4 Å². The molecule has 2 N–H and O–H groups in total. The van der Waals surface area contributed by atoms with Gasteiger partial charge in [0.05, 0.1) is 5.69 Å². The molecule has 1 saturated heterocycles. The van der Waals surface area contributed by atoms with E-state index in [1.54, 1.807) is 0 Å². The highest BCUT2D eigenvalue weighted by Crippen LogP contribution is 2.22. The number of para-hydroxylation sites is 1. The van der Waals surface area contributed by atoms with Crippen LogP contribution in [0, 0.1) is 0 Å². The molecule has 0 unspecified atom stereocenters. The van der Waals surface area contributed by atoms with Gasteiger partial charge in [-0.3, -0.25) is 9.88 Å². The number of aryl methyl sites for hydroxylation is 2. The number of hydrogen-bond acceptors (Lipinski definition) is 3. The van der Waals surface area contributed by atoms with Crippen molar-refractivity contribution in [3.8, 4) is 0 Å². The summed E-state index contributed by atoms with van der Waals surface area (Å²) in [6.07, 6.45) is 10.0. The molecule has 0 atom stereocenters. The van der Waals surface area contributed by atoms with Crippen LogP contribution in [-0.2, 0) is 19.4 Å². The Morgan fingerprint density at radius 1 is 0.903 bits per heavy atom. The molecule has 2 aromatic carbocycles. The van der Waals surface area contributed by atoms with Crippen molar-refractivity contribution in [1.82, 2.24) is 14.9 Å². The molecular formula is C27H30N4. The number of aromatic amines is 1. The Bertz CT molecular complexity index is 1120. The maximum atomic E-state index is 4.55. The zero-order valence-electron chi connectivity index (χ0n) is 18.0. The number of likely N-dealkylation sites (tertiary alicyclic amines) is 1. The first-order valence-corrected chi connectivity index (χ1v) is 11.4. The molecule has 0 saturated carbocycles. The first kappa shape index (κ1) is 19.8. The van der Waals surface area contributed by atoms with E-state index in [1.807, 2.05) is 12.3 Å². The largest absolute Gasteiger partial charge is 0.361 e. The van der Waals surface area contributed by atoms with Gasteiger partial charge in [-0.2, -0.15) is 0 Å². The zero-order valence-corrected chi connectivity index (χ0v) is 18.0. The lowest BCUT2D eigenvalue weighted by molar-refractivity contribution is 0.327. The van der Waals surface area contributed by atoms with Gasteiger partial charge < -0.3 is 10.3 Å². The second-order valence-electron chi connectivity index (χ2n) is 8.55. The van der Waals surface area contributed by atoms with Crippen LogP contribution in [0.3, 0.4) is 0 Å². The molecule has 4 nitrogen and oxygen atoms in total. The molecule has 4 aromatic rings. The number of nitrogens with zero attached hydrogens (tertiary/aromatic N) is 2. The second-order valence-corrected chi connectivity index (χ2v) is 8.55. The molecule has 3 heterocycles. The van der Waals surface area contributed by atoms with Crippen LogP contribution in [-0.4, -0.2) is 28.0 Å². The fourth-order valence-electron chi connectivity index (χ4n) is 4.56. The Hall–Kier alpha value is -3.11. The smallest absolute Gasteiger partial charge is 0.0564 e. The maximum absolute atomic E-state index is 4.55. The van der Waals surface area contributed by atoms with Crippen molar-refractivity contribution < 1.29 is 0 Å². The third-order valence-electron chi connectivity index (χ3n) is 6.23. The maximum Gasteiger partial charge on any atom is 0.0564 e. The van der Waals surface area contributed by atoms with Crippen molar-refractivity contribution in [3.63, 3.8) is 0 Å². The van der Waals surface area contributed by atoms with Gasteiger partial charge in [0.15, 0.2) is 0 Å². The second kappa shape index (κ2) is 9.36. The van der Waals surface area contributed by atoms with Gasteiger partial charge in [-0.25, -0.2) is 0 Å². The van der Waals surface area contributed by atoms with Gasteiger partial charge in [0.2, 0.25) is 0 Å². The predicted molar refractivity (Wildman–Crippen MR) is 129 cm³/mol. The van der Waals surface area contributed by atoms with Crippen LogP contribution in [0.25, 0.3) is 10.9 Å². The number of pyridine rings is 1. The number of H-pyrrole nitrogens is 1. The van der Waals surface area contributed by atoms with Crippen molar-refractivity contribution >= 4 is 22.3 Å². The fourth-order valence-corrected chi connectivity index (χ4v) is 4.56. The SMILES string of the molecule is c1ccc2c(CCCc3ccc(Nc4ccnc(CN5CCCC5)c4)cc3)c[nH]c2c1. The monoisotopic (exact) mass is 410 g/mol. The molecule has 0 amide bonds.